The minimum atomic E-state index is -0.660. The fourth-order valence-electron chi connectivity index (χ4n) is 13.8. The first-order chi connectivity index (χ1) is 44.0. The van der Waals surface area contributed by atoms with Crippen LogP contribution in [0.5, 0.6) is 0 Å². The van der Waals surface area contributed by atoms with Gasteiger partial charge in [-0.2, -0.15) is 0 Å². The number of rotatable bonds is 80. The monoisotopic (exact) mass is 1260 g/mol. The molecule has 3 N–H and O–H groups in total. The first kappa shape index (κ1) is 87.9. The lowest BCUT2D eigenvalue weighted by atomic mass is 10.0. The fraction of sp³-hybridized carbons (Fsp3) is 0.976. The summed E-state index contributed by atoms with van der Waals surface area (Å²) in [5.74, 6) is 0.00522. The number of ether oxygens (including phenoxy) is 1. The van der Waals surface area contributed by atoms with E-state index >= 15 is 0 Å². The van der Waals surface area contributed by atoms with E-state index in [4.69, 9.17) is 4.74 Å². The summed E-state index contributed by atoms with van der Waals surface area (Å²) in [5.41, 5.74) is 0. The van der Waals surface area contributed by atoms with Crippen LogP contribution in [0.15, 0.2) is 0 Å². The van der Waals surface area contributed by atoms with Crippen LogP contribution in [0.1, 0.15) is 495 Å². The Morgan fingerprint density at radius 2 is 0.461 bits per heavy atom. The van der Waals surface area contributed by atoms with Crippen LogP contribution in [0.3, 0.4) is 0 Å². The topological polar surface area (TPSA) is 95.9 Å². The van der Waals surface area contributed by atoms with Gasteiger partial charge in [0.1, 0.15) is 0 Å². The summed E-state index contributed by atoms with van der Waals surface area (Å²) in [5, 5.41) is 23.4. The molecule has 532 valence electrons. The third-order valence-corrected chi connectivity index (χ3v) is 20.2. The Balaban J connectivity index is 3.28. The van der Waals surface area contributed by atoms with E-state index in [-0.39, 0.29) is 18.5 Å². The van der Waals surface area contributed by atoms with Crippen molar-refractivity contribution >= 4 is 11.9 Å². The van der Waals surface area contributed by atoms with Crippen molar-refractivity contribution in [1.29, 1.82) is 0 Å². The van der Waals surface area contributed by atoms with Crippen molar-refractivity contribution in [1.82, 2.24) is 5.32 Å². The maximum atomic E-state index is 12.6. The second kappa shape index (κ2) is 79.3. The highest BCUT2D eigenvalue weighted by Crippen LogP contribution is 2.21. The van der Waals surface area contributed by atoms with E-state index < -0.39 is 12.1 Å². The molecule has 0 aromatic rings. The number of esters is 1. The van der Waals surface area contributed by atoms with Gasteiger partial charge in [-0.05, 0) is 25.7 Å². The molecule has 0 fully saturated rings. The molecule has 2 atom stereocenters. The van der Waals surface area contributed by atoms with Crippen LogP contribution in [0.4, 0.5) is 0 Å². The first-order valence-electron chi connectivity index (χ1n) is 41.8. The largest absolute Gasteiger partial charge is 0.466 e. The fourth-order valence-corrected chi connectivity index (χ4v) is 13.8. The molecular weight excluding hydrogens is 1090 g/mol. The highest BCUT2D eigenvalue weighted by molar-refractivity contribution is 5.76. The van der Waals surface area contributed by atoms with Crippen molar-refractivity contribution in [2.75, 3.05) is 13.2 Å². The lowest BCUT2D eigenvalue weighted by Gasteiger charge is -2.22. The number of hydrogen-bond donors (Lipinski definition) is 3. The summed E-state index contributed by atoms with van der Waals surface area (Å²) in [4.78, 5) is 24.7. The molecule has 0 radical (unpaired) electrons. The van der Waals surface area contributed by atoms with E-state index in [1.165, 1.54) is 424 Å². The van der Waals surface area contributed by atoms with Crippen LogP contribution >= 0.6 is 0 Å². The van der Waals surface area contributed by atoms with Gasteiger partial charge >= 0.3 is 5.97 Å². The van der Waals surface area contributed by atoms with Crippen molar-refractivity contribution in [3.8, 4) is 0 Å². The molecule has 0 heterocycles. The van der Waals surface area contributed by atoms with E-state index in [2.05, 4.69) is 19.2 Å². The molecule has 89 heavy (non-hydrogen) atoms. The summed E-state index contributed by atoms with van der Waals surface area (Å²) >= 11 is 0. The first-order valence-corrected chi connectivity index (χ1v) is 41.8. The zero-order valence-corrected chi connectivity index (χ0v) is 61.2. The van der Waals surface area contributed by atoms with Gasteiger partial charge in [-0.25, -0.2) is 0 Å². The van der Waals surface area contributed by atoms with Gasteiger partial charge in [0.2, 0.25) is 5.91 Å². The number of unbranched alkanes of at least 4 members (excludes halogenated alkanes) is 69. The Bertz CT molecular complexity index is 1310. The van der Waals surface area contributed by atoms with Crippen molar-refractivity contribution in [3.63, 3.8) is 0 Å². The van der Waals surface area contributed by atoms with Crippen molar-refractivity contribution in [2.24, 2.45) is 0 Å². The van der Waals surface area contributed by atoms with Crippen LogP contribution in [0.25, 0.3) is 0 Å². The zero-order chi connectivity index (χ0) is 64.2. The summed E-state index contributed by atoms with van der Waals surface area (Å²) in [6, 6.07) is -0.536. The maximum absolute atomic E-state index is 12.6. The molecule has 0 bridgehead atoms. The molecule has 0 spiro atoms. The van der Waals surface area contributed by atoms with E-state index in [0.29, 0.717) is 25.9 Å². The van der Waals surface area contributed by atoms with Gasteiger partial charge < -0.3 is 20.3 Å². The van der Waals surface area contributed by atoms with Crippen LogP contribution in [0.2, 0.25) is 0 Å². The molecule has 0 aliphatic rings. The molecule has 1 amide bonds. The molecule has 0 saturated carbocycles. The molecule has 0 rings (SSSR count). The summed E-state index contributed by atoms with van der Waals surface area (Å²) in [7, 11) is 0. The molecule has 2 unspecified atom stereocenters. The van der Waals surface area contributed by atoms with Gasteiger partial charge in [-0.1, -0.05) is 457 Å². The third-order valence-electron chi connectivity index (χ3n) is 20.2. The third kappa shape index (κ3) is 75.8. The van der Waals surface area contributed by atoms with Gasteiger partial charge in [-0.15, -0.1) is 0 Å². The molecule has 0 saturated heterocycles. The quantitative estimate of drug-likeness (QED) is 0.0417. The molecule has 6 nitrogen and oxygen atoms in total. The minimum absolute atomic E-state index is 0.0237. The zero-order valence-electron chi connectivity index (χ0n) is 61.2. The second-order valence-corrected chi connectivity index (χ2v) is 29.2. The molecule has 6 heteroatoms. The average Bonchev–Trinajstić information content (AvgIpc) is 3.57. The van der Waals surface area contributed by atoms with Crippen molar-refractivity contribution in [2.45, 2.75) is 508 Å². The van der Waals surface area contributed by atoms with Crippen molar-refractivity contribution < 1.29 is 24.5 Å². The van der Waals surface area contributed by atoms with Crippen molar-refractivity contribution in [3.05, 3.63) is 0 Å². The van der Waals surface area contributed by atoms with Gasteiger partial charge in [0.25, 0.3) is 0 Å². The van der Waals surface area contributed by atoms with Crippen LogP contribution in [-0.4, -0.2) is 47.4 Å². The van der Waals surface area contributed by atoms with Gasteiger partial charge in [0.15, 0.2) is 0 Å². The number of aliphatic hydroxyl groups excluding tert-OH is 2. The number of hydrogen-bond acceptors (Lipinski definition) is 5. The smallest absolute Gasteiger partial charge is 0.305 e. The van der Waals surface area contributed by atoms with Crippen LogP contribution in [0, 0.1) is 0 Å². The van der Waals surface area contributed by atoms with Crippen LogP contribution < -0.4 is 5.32 Å². The molecule has 0 aromatic heterocycles. The Morgan fingerprint density at radius 1 is 0.270 bits per heavy atom. The number of carbonyl (C=O) groups excluding carboxylic acids is 2. The van der Waals surface area contributed by atoms with Crippen LogP contribution in [-0.2, 0) is 14.3 Å². The molecule has 0 aromatic carbocycles. The normalized spacial score (nSPS) is 12.4. The molecule has 0 aliphatic carbocycles. The Labute approximate surface area is 559 Å². The maximum Gasteiger partial charge on any atom is 0.305 e. The predicted molar refractivity (Wildman–Crippen MR) is 394 cm³/mol. The second-order valence-electron chi connectivity index (χ2n) is 29.2. The SMILES string of the molecule is CCCCCCCCCCCCCCCCCCCCC(O)C(CO)NC(=O)CCCCCCCCCCCCCCCCCCCCCCCCCCCCCCCCCCCCCCCOC(=O)CCCCCCCCCCCCCCCCCCC. The van der Waals surface area contributed by atoms with Gasteiger partial charge in [-0.3, -0.25) is 9.59 Å². The predicted octanol–water partition coefficient (Wildman–Crippen LogP) is 27.7. The average molecular weight is 1260 g/mol. The highest BCUT2D eigenvalue weighted by Gasteiger charge is 2.20. The number of carbonyl (C=O) groups is 2. The van der Waals surface area contributed by atoms with Gasteiger partial charge in [0.05, 0.1) is 25.4 Å². The lowest BCUT2D eigenvalue weighted by molar-refractivity contribution is -0.143. The Hall–Kier alpha value is -1.14. The summed E-state index contributed by atoms with van der Waals surface area (Å²) in [6.45, 7) is 5.02. The highest BCUT2D eigenvalue weighted by atomic mass is 16.5. The number of aliphatic hydroxyl groups is 2. The van der Waals surface area contributed by atoms with E-state index in [9.17, 15) is 19.8 Å². The number of nitrogens with one attached hydrogen (secondary N) is 1. The molecular formula is C83H165NO5. The Morgan fingerprint density at radius 3 is 0.685 bits per heavy atom. The summed E-state index contributed by atoms with van der Waals surface area (Å²) in [6.07, 6.45) is 99.4. The number of amides is 1. The minimum Gasteiger partial charge on any atom is -0.466 e. The summed E-state index contributed by atoms with van der Waals surface area (Å²) < 4.78 is 5.52. The van der Waals surface area contributed by atoms with E-state index in [1.54, 1.807) is 0 Å². The lowest BCUT2D eigenvalue weighted by Crippen LogP contribution is -2.45. The standard InChI is InChI=1S/C83H165NO5/c1-3-5-7-9-11-13-15-17-19-21-44-47-51-55-59-63-67-71-75-81(86)80(79-85)84-82(87)76-72-68-64-60-56-52-48-45-41-39-37-35-33-31-29-27-25-23-22-24-26-28-30-32-34-36-38-40-42-46-50-54-58-62-66-70-74-78-89-83(88)77-73-69-65-61-57-53-49-43-20-18-16-14-12-10-8-6-4-2/h80-81,85-86H,3-79H2,1-2H3,(H,84,87). The van der Waals surface area contributed by atoms with Gasteiger partial charge in [0, 0.05) is 12.8 Å². The Kier molecular flexibility index (Phi) is 78.3. The van der Waals surface area contributed by atoms with E-state index in [1.807, 2.05) is 0 Å². The molecule has 0 aliphatic heterocycles. The van der Waals surface area contributed by atoms with E-state index in [0.717, 1.165) is 38.5 Å².